The number of phenolic OH excluding ortho intramolecular Hbond substituents is 1. The van der Waals surface area contributed by atoms with Gasteiger partial charge in [0.25, 0.3) is 0 Å². The highest BCUT2D eigenvalue weighted by molar-refractivity contribution is 5.36. The Kier molecular flexibility index (Phi) is 2.62. The van der Waals surface area contributed by atoms with Crippen molar-refractivity contribution in [1.29, 1.82) is 0 Å². The van der Waals surface area contributed by atoms with Crippen LogP contribution in [0.5, 0.6) is 5.75 Å². The molecule has 1 aromatic carbocycles. The average Bonchev–Trinajstić information content (AvgIpc) is 1.94. The molecule has 0 aromatic heterocycles. The van der Waals surface area contributed by atoms with Crippen molar-refractivity contribution in [2.75, 3.05) is 0 Å². The molecular weight excluding hydrogens is 164 g/mol. The first-order valence-corrected chi connectivity index (χ1v) is 4.39. The van der Waals surface area contributed by atoms with Crippen molar-refractivity contribution in [2.24, 2.45) is 0 Å². The van der Waals surface area contributed by atoms with Gasteiger partial charge < -0.3 is 10.2 Å². The molecule has 0 aliphatic rings. The van der Waals surface area contributed by atoms with Crippen LogP contribution in [0.3, 0.4) is 0 Å². The lowest BCUT2D eigenvalue weighted by Crippen LogP contribution is -2.21. The van der Waals surface area contributed by atoms with E-state index in [0.29, 0.717) is 6.42 Å². The summed E-state index contributed by atoms with van der Waals surface area (Å²) in [5, 5.41) is 19.1. The predicted molar refractivity (Wildman–Crippen MR) is 52.8 cm³/mol. The van der Waals surface area contributed by atoms with Crippen molar-refractivity contribution in [3.63, 3.8) is 0 Å². The van der Waals surface area contributed by atoms with E-state index in [1.165, 1.54) is 0 Å². The van der Waals surface area contributed by atoms with Crippen LogP contribution in [0.1, 0.15) is 25.0 Å². The van der Waals surface area contributed by atoms with Crippen molar-refractivity contribution in [3.05, 3.63) is 29.3 Å². The number of hydrogen-bond donors (Lipinski definition) is 2. The van der Waals surface area contributed by atoms with Crippen molar-refractivity contribution in [1.82, 2.24) is 0 Å². The fraction of sp³-hybridized carbons (Fsp3) is 0.455. The molecule has 2 nitrogen and oxygen atoms in total. The molecule has 0 radical (unpaired) electrons. The zero-order valence-corrected chi connectivity index (χ0v) is 8.33. The standard InChI is InChI=1S/C11H16O2/c1-8-4-5-10(12)9(6-8)7-11(2,3)13/h4-6,12-13H,7H2,1-3H3. The molecule has 0 bridgehead atoms. The topological polar surface area (TPSA) is 40.5 Å². The van der Waals surface area contributed by atoms with Gasteiger partial charge in [-0.15, -0.1) is 0 Å². The third-order valence-electron chi connectivity index (χ3n) is 1.86. The van der Waals surface area contributed by atoms with E-state index in [2.05, 4.69) is 0 Å². The average molecular weight is 180 g/mol. The van der Waals surface area contributed by atoms with E-state index in [1.807, 2.05) is 19.1 Å². The van der Waals surface area contributed by atoms with Crippen LogP contribution in [-0.4, -0.2) is 15.8 Å². The molecule has 13 heavy (non-hydrogen) atoms. The lowest BCUT2D eigenvalue weighted by atomic mass is 9.97. The minimum atomic E-state index is -0.773. The van der Waals surface area contributed by atoms with Gasteiger partial charge in [-0.25, -0.2) is 0 Å². The molecule has 2 heteroatoms. The highest BCUT2D eigenvalue weighted by Crippen LogP contribution is 2.22. The van der Waals surface area contributed by atoms with E-state index in [-0.39, 0.29) is 5.75 Å². The number of rotatable bonds is 2. The van der Waals surface area contributed by atoms with Crippen molar-refractivity contribution in [2.45, 2.75) is 32.8 Å². The summed E-state index contributed by atoms with van der Waals surface area (Å²) in [6.07, 6.45) is 0.473. The van der Waals surface area contributed by atoms with E-state index >= 15 is 0 Å². The molecular formula is C11H16O2. The highest BCUT2D eigenvalue weighted by Gasteiger charge is 2.15. The van der Waals surface area contributed by atoms with Crippen molar-refractivity contribution < 1.29 is 10.2 Å². The zero-order chi connectivity index (χ0) is 10.1. The van der Waals surface area contributed by atoms with Gasteiger partial charge in [-0.2, -0.15) is 0 Å². The van der Waals surface area contributed by atoms with Gasteiger partial charge in [-0.1, -0.05) is 17.7 Å². The fourth-order valence-corrected chi connectivity index (χ4v) is 1.32. The number of aromatic hydroxyl groups is 1. The Balaban J connectivity index is 2.94. The molecule has 1 rings (SSSR count). The van der Waals surface area contributed by atoms with Gasteiger partial charge >= 0.3 is 0 Å². The first kappa shape index (κ1) is 10.1. The van der Waals surface area contributed by atoms with E-state index < -0.39 is 5.60 Å². The normalized spacial score (nSPS) is 11.7. The minimum Gasteiger partial charge on any atom is -0.508 e. The van der Waals surface area contributed by atoms with Gasteiger partial charge in [-0.3, -0.25) is 0 Å². The highest BCUT2D eigenvalue weighted by atomic mass is 16.3. The van der Waals surface area contributed by atoms with E-state index in [1.54, 1.807) is 19.9 Å². The summed E-state index contributed by atoms with van der Waals surface area (Å²) >= 11 is 0. The van der Waals surface area contributed by atoms with Crippen LogP contribution in [0.4, 0.5) is 0 Å². The molecule has 0 heterocycles. The van der Waals surface area contributed by atoms with E-state index in [4.69, 9.17) is 0 Å². The fourth-order valence-electron chi connectivity index (χ4n) is 1.32. The van der Waals surface area contributed by atoms with Gasteiger partial charge in [0.2, 0.25) is 0 Å². The van der Waals surface area contributed by atoms with Crippen molar-refractivity contribution >= 4 is 0 Å². The van der Waals surface area contributed by atoms with Crippen LogP contribution in [0.2, 0.25) is 0 Å². The third kappa shape index (κ3) is 3.07. The number of hydrogen-bond acceptors (Lipinski definition) is 2. The van der Waals surface area contributed by atoms with Crippen LogP contribution in [-0.2, 0) is 6.42 Å². The molecule has 0 amide bonds. The van der Waals surface area contributed by atoms with E-state index in [0.717, 1.165) is 11.1 Å². The second kappa shape index (κ2) is 3.38. The maximum absolute atomic E-state index is 9.58. The van der Waals surface area contributed by atoms with Crippen LogP contribution >= 0.6 is 0 Å². The second-order valence-electron chi connectivity index (χ2n) is 4.12. The Morgan fingerprint density at radius 2 is 1.92 bits per heavy atom. The summed E-state index contributed by atoms with van der Waals surface area (Å²) in [5.41, 5.74) is 1.12. The third-order valence-corrected chi connectivity index (χ3v) is 1.86. The lowest BCUT2D eigenvalue weighted by molar-refractivity contribution is 0.0803. The SMILES string of the molecule is Cc1ccc(O)c(CC(C)(C)O)c1. The Morgan fingerprint density at radius 1 is 1.31 bits per heavy atom. The number of phenols is 1. The molecule has 0 atom stereocenters. The smallest absolute Gasteiger partial charge is 0.118 e. The predicted octanol–water partition coefficient (Wildman–Crippen LogP) is 2.01. The molecule has 0 aliphatic carbocycles. The zero-order valence-electron chi connectivity index (χ0n) is 8.33. The van der Waals surface area contributed by atoms with Gasteiger partial charge in [0.15, 0.2) is 0 Å². The molecule has 0 fully saturated rings. The van der Waals surface area contributed by atoms with Gasteiger partial charge in [0, 0.05) is 6.42 Å². The summed E-state index contributed by atoms with van der Waals surface area (Å²) in [6.45, 7) is 5.43. The Labute approximate surface area is 78.8 Å². The Morgan fingerprint density at radius 3 is 2.46 bits per heavy atom. The maximum atomic E-state index is 9.58. The quantitative estimate of drug-likeness (QED) is 0.731. The molecule has 0 saturated carbocycles. The number of benzene rings is 1. The van der Waals surface area contributed by atoms with Crippen LogP contribution in [0.15, 0.2) is 18.2 Å². The summed E-state index contributed by atoms with van der Waals surface area (Å²) in [7, 11) is 0. The van der Waals surface area contributed by atoms with Gasteiger partial charge in [0.1, 0.15) is 5.75 Å². The van der Waals surface area contributed by atoms with Crippen molar-refractivity contribution in [3.8, 4) is 5.75 Å². The van der Waals surface area contributed by atoms with E-state index in [9.17, 15) is 10.2 Å². The molecule has 2 N–H and O–H groups in total. The molecule has 1 aromatic rings. The monoisotopic (exact) mass is 180 g/mol. The molecule has 0 aliphatic heterocycles. The molecule has 0 unspecified atom stereocenters. The van der Waals surface area contributed by atoms with Crippen LogP contribution < -0.4 is 0 Å². The summed E-state index contributed by atoms with van der Waals surface area (Å²) in [5.74, 6) is 0.257. The van der Waals surface area contributed by atoms with Gasteiger partial charge in [-0.05, 0) is 32.4 Å². The summed E-state index contributed by atoms with van der Waals surface area (Å²) in [6, 6.07) is 5.41. The molecule has 72 valence electrons. The molecule has 0 spiro atoms. The summed E-state index contributed by atoms with van der Waals surface area (Å²) < 4.78 is 0. The largest absolute Gasteiger partial charge is 0.508 e. The number of aliphatic hydroxyl groups is 1. The van der Waals surface area contributed by atoms with Crippen LogP contribution in [0, 0.1) is 6.92 Å². The molecule has 0 saturated heterocycles. The first-order valence-electron chi connectivity index (χ1n) is 4.39. The lowest BCUT2D eigenvalue weighted by Gasteiger charge is -2.17. The van der Waals surface area contributed by atoms with Gasteiger partial charge in [0.05, 0.1) is 5.60 Å². The summed E-state index contributed by atoms with van der Waals surface area (Å²) in [4.78, 5) is 0. The second-order valence-corrected chi connectivity index (χ2v) is 4.12. The minimum absolute atomic E-state index is 0.257. The Bertz CT molecular complexity index is 297. The Hall–Kier alpha value is -1.02. The maximum Gasteiger partial charge on any atom is 0.118 e. The number of aryl methyl sites for hydroxylation is 1. The first-order chi connectivity index (χ1) is 5.88. The van der Waals surface area contributed by atoms with Crippen LogP contribution in [0.25, 0.3) is 0 Å².